The number of aliphatic imine (C=N–C) groups is 1. The highest BCUT2D eigenvalue weighted by Gasteiger charge is 2.28. The molecule has 21 heavy (non-hydrogen) atoms. The van der Waals surface area contributed by atoms with Crippen molar-refractivity contribution in [3.05, 3.63) is 23.9 Å². The van der Waals surface area contributed by atoms with Crippen LogP contribution in [0.1, 0.15) is 19.4 Å². The maximum atomic E-state index is 12.1. The number of rotatable bonds is 6. The van der Waals surface area contributed by atoms with Gasteiger partial charge in [-0.3, -0.25) is 0 Å². The summed E-state index contributed by atoms with van der Waals surface area (Å²) in [7, 11) is 0. The molecule has 0 amide bonds. The Hall–Kier alpha value is -1.99. The lowest BCUT2D eigenvalue weighted by molar-refractivity contribution is -0.154. The first-order valence-corrected chi connectivity index (χ1v) is 6.55. The minimum atomic E-state index is -4.39. The number of guanidine groups is 1. The van der Waals surface area contributed by atoms with Crippen molar-refractivity contribution in [2.45, 2.75) is 26.6 Å². The third-order valence-corrected chi connectivity index (χ3v) is 2.69. The zero-order valence-corrected chi connectivity index (χ0v) is 12.0. The standard InChI is InChI=1S/C13H19F3N4O/c1-3-20(4-2)12(17)19-8-10-5-6-18-11(7-10)21-9-13(14,15)16/h5-7H,3-4,8-9H2,1-2H3,(H2,17,19). The van der Waals surface area contributed by atoms with Crippen molar-refractivity contribution in [3.63, 3.8) is 0 Å². The van der Waals surface area contributed by atoms with Crippen molar-refractivity contribution in [3.8, 4) is 5.88 Å². The van der Waals surface area contributed by atoms with Gasteiger partial charge >= 0.3 is 6.18 Å². The smallest absolute Gasteiger partial charge is 0.422 e. The monoisotopic (exact) mass is 304 g/mol. The Morgan fingerprint density at radius 1 is 1.38 bits per heavy atom. The van der Waals surface area contributed by atoms with Crippen LogP contribution in [0.4, 0.5) is 13.2 Å². The van der Waals surface area contributed by atoms with Gasteiger partial charge in [0.15, 0.2) is 12.6 Å². The molecular formula is C13H19F3N4O. The van der Waals surface area contributed by atoms with E-state index in [9.17, 15) is 13.2 Å². The van der Waals surface area contributed by atoms with Crippen molar-refractivity contribution < 1.29 is 17.9 Å². The summed E-state index contributed by atoms with van der Waals surface area (Å²) in [5.41, 5.74) is 6.50. The number of pyridine rings is 1. The number of aromatic nitrogens is 1. The van der Waals surface area contributed by atoms with Gasteiger partial charge in [-0.2, -0.15) is 13.2 Å². The molecule has 0 saturated heterocycles. The van der Waals surface area contributed by atoms with Gasteiger partial charge in [0.25, 0.3) is 0 Å². The van der Waals surface area contributed by atoms with Crippen molar-refractivity contribution in [1.82, 2.24) is 9.88 Å². The molecule has 118 valence electrons. The third kappa shape index (κ3) is 6.33. The summed E-state index contributed by atoms with van der Waals surface area (Å²) >= 11 is 0. The van der Waals surface area contributed by atoms with E-state index in [1.807, 2.05) is 18.7 Å². The largest absolute Gasteiger partial charge is 0.468 e. The fourth-order valence-corrected chi connectivity index (χ4v) is 1.60. The summed E-state index contributed by atoms with van der Waals surface area (Å²) in [6.07, 6.45) is -3.01. The van der Waals surface area contributed by atoms with Gasteiger partial charge in [0.2, 0.25) is 5.88 Å². The molecule has 0 spiro atoms. The molecule has 0 aromatic carbocycles. The molecule has 1 rings (SSSR count). The van der Waals surface area contributed by atoms with Crippen molar-refractivity contribution in [2.75, 3.05) is 19.7 Å². The van der Waals surface area contributed by atoms with E-state index < -0.39 is 12.8 Å². The molecule has 0 radical (unpaired) electrons. The fourth-order valence-electron chi connectivity index (χ4n) is 1.60. The molecule has 0 fully saturated rings. The first kappa shape index (κ1) is 17.1. The molecule has 5 nitrogen and oxygen atoms in total. The lowest BCUT2D eigenvalue weighted by Crippen LogP contribution is -2.37. The van der Waals surface area contributed by atoms with Crippen LogP contribution in [0.25, 0.3) is 0 Å². The summed E-state index contributed by atoms with van der Waals surface area (Å²) in [5.74, 6) is 0.316. The van der Waals surface area contributed by atoms with Gasteiger partial charge < -0.3 is 15.4 Å². The normalized spacial score (nSPS) is 12.3. The van der Waals surface area contributed by atoms with Crippen molar-refractivity contribution in [1.29, 1.82) is 0 Å². The van der Waals surface area contributed by atoms with Crippen LogP contribution in [0, 0.1) is 0 Å². The van der Waals surface area contributed by atoms with Gasteiger partial charge in [-0.15, -0.1) is 0 Å². The summed E-state index contributed by atoms with van der Waals surface area (Å²) < 4.78 is 40.8. The molecule has 0 atom stereocenters. The number of halogens is 3. The average molecular weight is 304 g/mol. The van der Waals surface area contributed by atoms with E-state index in [1.165, 1.54) is 12.3 Å². The maximum absolute atomic E-state index is 12.1. The van der Waals surface area contributed by atoms with Crippen LogP contribution >= 0.6 is 0 Å². The highest BCUT2D eigenvalue weighted by molar-refractivity contribution is 5.77. The van der Waals surface area contributed by atoms with E-state index in [1.54, 1.807) is 6.07 Å². The topological polar surface area (TPSA) is 63.7 Å². The van der Waals surface area contributed by atoms with Crippen molar-refractivity contribution >= 4 is 5.96 Å². The molecule has 0 bridgehead atoms. The lowest BCUT2D eigenvalue weighted by Gasteiger charge is -2.19. The minimum Gasteiger partial charge on any atom is -0.468 e. The first-order chi connectivity index (χ1) is 9.85. The van der Waals surface area contributed by atoms with Crippen LogP contribution in [-0.2, 0) is 6.54 Å². The Bertz CT molecular complexity index is 473. The number of alkyl halides is 3. The van der Waals surface area contributed by atoms with Crippen LogP contribution in [0.15, 0.2) is 23.3 Å². The Labute approximate surface area is 121 Å². The van der Waals surface area contributed by atoms with Crippen LogP contribution in [0.3, 0.4) is 0 Å². The quantitative estimate of drug-likeness (QED) is 0.646. The number of hydrogen-bond acceptors (Lipinski definition) is 3. The SMILES string of the molecule is CCN(CC)C(N)=NCc1ccnc(OCC(F)(F)F)c1. The van der Waals surface area contributed by atoms with E-state index in [4.69, 9.17) is 5.73 Å². The summed E-state index contributed by atoms with van der Waals surface area (Å²) in [6, 6.07) is 3.07. The number of hydrogen-bond donors (Lipinski definition) is 1. The van der Waals surface area contributed by atoms with Gasteiger partial charge in [0.1, 0.15) is 0 Å². The maximum Gasteiger partial charge on any atom is 0.422 e. The summed E-state index contributed by atoms with van der Waals surface area (Å²) in [4.78, 5) is 9.80. The Kier molecular flexibility index (Phi) is 6.26. The molecule has 0 unspecified atom stereocenters. The predicted molar refractivity (Wildman–Crippen MR) is 74.0 cm³/mol. The molecule has 0 aliphatic carbocycles. The highest BCUT2D eigenvalue weighted by atomic mass is 19.4. The Balaban J connectivity index is 2.66. The molecule has 0 aliphatic rings. The van der Waals surface area contributed by atoms with Crippen LogP contribution in [-0.4, -0.2) is 41.7 Å². The Morgan fingerprint density at radius 2 is 2.05 bits per heavy atom. The molecule has 0 aliphatic heterocycles. The summed E-state index contributed by atoms with van der Waals surface area (Å²) in [6.45, 7) is 4.29. The van der Waals surface area contributed by atoms with Crippen LogP contribution in [0.5, 0.6) is 5.88 Å². The summed E-state index contributed by atoms with van der Waals surface area (Å²) in [5, 5.41) is 0. The molecule has 8 heteroatoms. The third-order valence-electron chi connectivity index (χ3n) is 2.69. The second-order valence-corrected chi connectivity index (χ2v) is 4.25. The zero-order valence-electron chi connectivity index (χ0n) is 12.0. The van der Waals surface area contributed by atoms with E-state index in [0.717, 1.165) is 13.1 Å². The van der Waals surface area contributed by atoms with Gasteiger partial charge in [-0.1, -0.05) is 0 Å². The molecular weight excluding hydrogens is 285 g/mol. The number of nitrogens with zero attached hydrogens (tertiary/aromatic N) is 3. The second kappa shape index (κ2) is 7.70. The predicted octanol–water partition coefficient (Wildman–Crippen LogP) is 2.18. The molecule has 1 aromatic rings. The Morgan fingerprint density at radius 3 is 2.62 bits per heavy atom. The van der Waals surface area contributed by atoms with Crippen LogP contribution in [0.2, 0.25) is 0 Å². The first-order valence-electron chi connectivity index (χ1n) is 6.55. The van der Waals surface area contributed by atoms with Gasteiger partial charge in [-0.25, -0.2) is 9.98 Å². The van der Waals surface area contributed by atoms with Gasteiger partial charge in [0.05, 0.1) is 6.54 Å². The van der Waals surface area contributed by atoms with E-state index in [2.05, 4.69) is 14.7 Å². The molecule has 0 saturated carbocycles. The second-order valence-electron chi connectivity index (χ2n) is 4.25. The van der Waals surface area contributed by atoms with Gasteiger partial charge in [0, 0.05) is 25.4 Å². The highest BCUT2D eigenvalue weighted by Crippen LogP contribution is 2.17. The fraction of sp³-hybridized carbons (Fsp3) is 0.538. The van der Waals surface area contributed by atoms with Crippen molar-refractivity contribution in [2.24, 2.45) is 10.7 Å². The van der Waals surface area contributed by atoms with E-state index in [0.29, 0.717) is 11.5 Å². The van der Waals surface area contributed by atoms with E-state index >= 15 is 0 Å². The number of nitrogens with two attached hydrogens (primary N) is 1. The number of ether oxygens (including phenoxy) is 1. The molecule has 2 N–H and O–H groups in total. The zero-order chi connectivity index (χ0) is 15.9. The average Bonchev–Trinajstić information content (AvgIpc) is 2.44. The van der Waals surface area contributed by atoms with Crippen LogP contribution < -0.4 is 10.5 Å². The van der Waals surface area contributed by atoms with Gasteiger partial charge in [-0.05, 0) is 25.5 Å². The minimum absolute atomic E-state index is 0.0820. The van der Waals surface area contributed by atoms with E-state index in [-0.39, 0.29) is 12.4 Å². The molecule has 1 aromatic heterocycles. The molecule has 1 heterocycles. The lowest BCUT2D eigenvalue weighted by atomic mass is 10.3.